The first-order chi connectivity index (χ1) is 13.7. The number of rotatable bonds is 6. The van der Waals surface area contributed by atoms with E-state index in [2.05, 4.69) is 21.4 Å². The molecule has 138 valence electrons. The van der Waals surface area contributed by atoms with E-state index in [4.69, 9.17) is 4.74 Å². The maximum absolute atomic E-state index is 13.3. The van der Waals surface area contributed by atoms with Crippen LogP contribution in [0.5, 0.6) is 5.75 Å². The Bertz CT molecular complexity index is 1100. The van der Waals surface area contributed by atoms with E-state index in [-0.39, 0.29) is 5.82 Å². The summed E-state index contributed by atoms with van der Waals surface area (Å²) in [6, 6.07) is 22.7. The Balaban J connectivity index is 1.41. The summed E-state index contributed by atoms with van der Waals surface area (Å²) in [5, 5.41) is 12.5. The standard InChI is InChI=1S/C22H17FN4O/c23-16-4-3-5-17(12-16)25-21(13-24)15-8-10-18(11-9-15)28-14-22-26-19-6-1-2-7-20(19)27-22/h1-12,21,25H,14H2,(H,26,27). The van der Waals surface area contributed by atoms with Crippen LogP contribution in [0.4, 0.5) is 10.1 Å². The van der Waals surface area contributed by atoms with E-state index < -0.39 is 6.04 Å². The van der Waals surface area contributed by atoms with Crippen molar-refractivity contribution in [1.29, 1.82) is 5.26 Å². The predicted octanol–water partition coefficient (Wildman–Crippen LogP) is 4.96. The van der Waals surface area contributed by atoms with Crippen LogP contribution >= 0.6 is 0 Å². The Morgan fingerprint density at radius 1 is 1.07 bits per heavy atom. The van der Waals surface area contributed by atoms with E-state index in [0.29, 0.717) is 18.0 Å². The van der Waals surface area contributed by atoms with E-state index >= 15 is 0 Å². The van der Waals surface area contributed by atoms with E-state index in [1.165, 1.54) is 12.1 Å². The Hall–Kier alpha value is -3.85. The average Bonchev–Trinajstić information content (AvgIpc) is 3.14. The van der Waals surface area contributed by atoms with E-state index in [9.17, 15) is 9.65 Å². The van der Waals surface area contributed by atoms with Crippen molar-refractivity contribution in [2.24, 2.45) is 0 Å². The molecule has 1 aromatic heterocycles. The number of halogens is 1. The van der Waals surface area contributed by atoms with Crippen molar-refractivity contribution in [3.8, 4) is 11.8 Å². The molecule has 0 fully saturated rings. The number of benzene rings is 3. The monoisotopic (exact) mass is 372 g/mol. The summed E-state index contributed by atoms with van der Waals surface area (Å²) >= 11 is 0. The van der Waals surface area contributed by atoms with Gasteiger partial charge in [-0.15, -0.1) is 0 Å². The third-order valence-electron chi connectivity index (χ3n) is 4.29. The third-order valence-corrected chi connectivity index (χ3v) is 4.29. The summed E-state index contributed by atoms with van der Waals surface area (Å²) < 4.78 is 19.1. The number of aromatic nitrogens is 2. The number of ether oxygens (including phenoxy) is 1. The fraction of sp³-hybridized carbons (Fsp3) is 0.0909. The van der Waals surface area contributed by atoms with Gasteiger partial charge in [0.15, 0.2) is 0 Å². The van der Waals surface area contributed by atoms with Crippen LogP contribution in [0.3, 0.4) is 0 Å². The van der Waals surface area contributed by atoms with Gasteiger partial charge in [-0.2, -0.15) is 5.26 Å². The first kappa shape index (κ1) is 17.6. The lowest BCUT2D eigenvalue weighted by Crippen LogP contribution is -2.08. The van der Waals surface area contributed by atoms with Crippen LogP contribution in [0.15, 0.2) is 72.8 Å². The normalized spacial score (nSPS) is 11.7. The zero-order valence-corrected chi connectivity index (χ0v) is 14.9. The second-order valence-electron chi connectivity index (χ2n) is 6.28. The maximum atomic E-state index is 13.3. The lowest BCUT2D eigenvalue weighted by Gasteiger charge is -2.14. The number of imidazole rings is 1. The highest BCUT2D eigenvalue weighted by molar-refractivity contribution is 5.74. The van der Waals surface area contributed by atoms with Gasteiger partial charge in [0.25, 0.3) is 0 Å². The molecule has 1 unspecified atom stereocenters. The molecule has 0 radical (unpaired) electrons. The molecular formula is C22H17FN4O. The van der Waals surface area contributed by atoms with Gasteiger partial charge in [0.2, 0.25) is 0 Å². The Morgan fingerprint density at radius 2 is 1.89 bits per heavy atom. The van der Waals surface area contributed by atoms with E-state index in [1.54, 1.807) is 24.3 Å². The lowest BCUT2D eigenvalue weighted by molar-refractivity contribution is 0.297. The van der Waals surface area contributed by atoms with Gasteiger partial charge >= 0.3 is 0 Å². The fourth-order valence-electron chi connectivity index (χ4n) is 2.92. The minimum Gasteiger partial charge on any atom is -0.486 e. The van der Waals surface area contributed by atoms with E-state index in [0.717, 1.165) is 22.4 Å². The van der Waals surface area contributed by atoms with E-state index in [1.807, 2.05) is 36.4 Å². The van der Waals surface area contributed by atoms with Crippen molar-refractivity contribution >= 4 is 16.7 Å². The third kappa shape index (κ3) is 3.94. The molecule has 0 saturated carbocycles. The van der Waals surface area contributed by atoms with Crippen LogP contribution in [0, 0.1) is 17.1 Å². The number of para-hydroxylation sites is 2. The Labute approximate surface area is 161 Å². The molecule has 0 amide bonds. The molecule has 0 spiro atoms. The molecule has 6 heteroatoms. The summed E-state index contributed by atoms with van der Waals surface area (Å²) in [6.07, 6.45) is 0. The van der Waals surface area contributed by atoms with Crippen LogP contribution < -0.4 is 10.1 Å². The van der Waals surface area contributed by atoms with Crippen molar-refractivity contribution in [3.63, 3.8) is 0 Å². The van der Waals surface area contributed by atoms with Crippen LogP contribution in [-0.2, 0) is 6.61 Å². The van der Waals surface area contributed by atoms with Crippen LogP contribution in [-0.4, -0.2) is 9.97 Å². The van der Waals surface area contributed by atoms with Gasteiger partial charge in [0.05, 0.1) is 17.1 Å². The summed E-state index contributed by atoms with van der Waals surface area (Å²) in [4.78, 5) is 7.69. The molecule has 4 aromatic rings. The topological polar surface area (TPSA) is 73.7 Å². The Kier molecular flexibility index (Phi) is 4.89. The molecule has 1 atom stereocenters. The molecule has 1 heterocycles. The SMILES string of the molecule is N#CC(Nc1cccc(F)c1)c1ccc(OCc2nc3ccccc3[nH]2)cc1. The summed E-state index contributed by atoms with van der Waals surface area (Å²) in [6.45, 7) is 0.317. The largest absolute Gasteiger partial charge is 0.486 e. The molecule has 0 aliphatic carbocycles. The number of nitrogens with zero attached hydrogens (tertiary/aromatic N) is 2. The van der Waals surface area contributed by atoms with Gasteiger partial charge in [-0.3, -0.25) is 0 Å². The van der Waals surface area contributed by atoms with Gasteiger partial charge in [-0.05, 0) is 48.0 Å². The number of hydrogen-bond donors (Lipinski definition) is 2. The number of H-pyrrole nitrogens is 1. The quantitative estimate of drug-likeness (QED) is 0.502. The van der Waals surface area contributed by atoms with Crippen molar-refractivity contribution < 1.29 is 9.13 Å². The van der Waals surface area contributed by atoms with Crippen molar-refractivity contribution in [3.05, 3.63) is 90.0 Å². The molecule has 4 rings (SSSR count). The van der Waals surface area contributed by atoms with Crippen molar-refractivity contribution in [2.45, 2.75) is 12.6 Å². The fourth-order valence-corrected chi connectivity index (χ4v) is 2.92. The zero-order chi connectivity index (χ0) is 19.3. The number of hydrogen-bond acceptors (Lipinski definition) is 4. The highest BCUT2D eigenvalue weighted by Gasteiger charge is 2.11. The van der Waals surface area contributed by atoms with Crippen LogP contribution in [0.2, 0.25) is 0 Å². The molecule has 0 bridgehead atoms. The molecule has 3 aromatic carbocycles. The minimum atomic E-state index is -0.591. The van der Waals surface area contributed by atoms with Gasteiger partial charge in [-0.25, -0.2) is 9.37 Å². The summed E-state index contributed by atoms with van der Waals surface area (Å²) in [5.74, 6) is 1.07. The highest BCUT2D eigenvalue weighted by Crippen LogP contribution is 2.22. The zero-order valence-electron chi connectivity index (χ0n) is 14.9. The minimum absolute atomic E-state index is 0.317. The van der Waals surface area contributed by atoms with Crippen LogP contribution in [0.1, 0.15) is 17.4 Å². The first-order valence-corrected chi connectivity index (χ1v) is 8.79. The van der Waals surface area contributed by atoms with Crippen molar-refractivity contribution in [2.75, 3.05) is 5.32 Å². The van der Waals surface area contributed by atoms with Crippen LogP contribution in [0.25, 0.3) is 11.0 Å². The summed E-state index contributed by atoms with van der Waals surface area (Å²) in [7, 11) is 0. The first-order valence-electron chi connectivity index (χ1n) is 8.79. The predicted molar refractivity (Wildman–Crippen MR) is 105 cm³/mol. The molecule has 0 saturated heterocycles. The lowest BCUT2D eigenvalue weighted by atomic mass is 10.1. The number of fused-ring (bicyclic) bond motifs is 1. The molecular weight excluding hydrogens is 355 g/mol. The second-order valence-corrected chi connectivity index (χ2v) is 6.28. The number of nitriles is 1. The molecule has 0 aliphatic rings. The van der Waals surface area contributed by atoms with Crippen molar-refractivity contribution in [1.82, 2.24) is 9.97 Å². The molecule has 0 aliphatic heterocycles. The summed E-state index contributed by atoms with van der Waals surface area (Å²) in [5.41, 5.74) is 3.19. The van der Waals surface area contributed by atoms with Gasteiger partial charge in [0, 0.05) is 5.69 Å². The second kappa shape index (κ2) is 7.80. The molecule has 2 N–H and O–H groups in total. The smallest absolute Gasteiger partial charge is 0.146 e. The Morgan fingerprint density at radius 3 is 2.64 bits per heavy atom. The average molecular weight is 372 g/mol. The number of anilines is 1. The molecule has 5 nitrogen and oxygen atoms in total. The maximum Gasteiger partial charge on any atom is 0.146 e. The molecule has 28 heavy (non-hydrogen) atoms. The van der Waals surface area contributed by atoms with Gasteiger partial charge in [-0.1, -0.05) is 30.3 Å². The van der Waals surface area contributed by atoms with Gasteiger partial charge in [0.1, 0.15) is 30.0 Å². The number of aromatic amines is 1. The highest BCUT2D eigenvalue weighted by atomic mass is 19.1. The van der Waals surface area contributed by atoms with Gasteiger partial charge < -0.3 is 15.0 Å². The number of nitrogens with one attached hydrogen (secondary N) is 2.